The van der Waals surface area contributed by atoms with Crippen LogP contribution in [-0.4, -0.2) is 41.3 Å². The van der Waals surface area contributed by atoms with E-state index < -0.39 is 24.5 Å². The minimum absolute atomic E-state index is 0.173. The number of hydrogen-bond acceptors (Lipinski definition) is 5. The molecule has 0 radical (unpaired) electrons. The van der Waals surface area contributed by atoms with Gasteiger partial charge < -0.3 is 26.4 Å². The molecule has 1 aliphatic heterocycles. The molecule has 0 bridgehead atoms. The average molecular weight is 162 g/mol. The number of aliphatic hydroxyl groups excluding tert-OH is 2. The maximum Gasteiger partial charge on any atom is 0.156 e. The normalized spacial score (nSPS) is 45.8. The number of ether oxygens (including phenoxy) is 1. The van der Waals surface area contributed by atoms with Crippen molar-refractivity contribution < 1.29 is 14.9 Å². The zero-order chi connectivity index (χ0) is 8.43. The van der Waals surface area contributed by atoms with Crippen LogP contribution in [0.3, 0.4) is 0 Å². The van der Waals surface area contributed by atoms with Crippen molar-refractivity contribution in [3.63, 3.8) is 0 Å². The van der Waals surface area contributed by atoms with E-state index in [-0.39, 0.29) is 13.0 Å². The molecule has 1 saturated heterocycles. The zero-order valence-corrected chi connectivity index (χ0v) is 6.18. The van der Waals surface area contributed by atoms with Gasteiger partial charge in [0, 0.05) is 19.0 Å². The molecule has 1 fully saturated rings. The van der Waals surface area contributed by atoms with E-state index in [1.54, 1.807) is 0 Å². The number of nitrogens with two attached hydrogens (primary N) is 2. The Morgan fingerprint density at radius 1 is 1.45 bits per heavy atom. The molecule has 66 valence electrons. The average Bonchev–Trinajstić information content (AvgIpc) is 1.96. The van der Waals surface area contributed by atoms with Crippen molar-refractivity contribution in [1.82, 2.24) is 0 Å². The molecule has 5 heteroatoms. The summed E-state index contributed by atoms with van der Waals surface area (Å²) in [5.74, 6) is 0. The molecule has 6 N–H and O–H groups in total. The summed E-state index contributed by atoms with van der Waals surface area (Å²) in [6.45, 7) is 0.173. The number of aliphatic hydroxyl groups is 2. The molecule has 1 heterocycles. The van der Waals surface area contributed by atoms with Gasteiger partial charge in [-0.15, -0.1) is 0 Å². The summed E-state index contributed by atoms with van der Waals surface area (Å²) in [6, 6.07) is -0.438. The number of rotatable bonds is 1. The molecule has 5 nitrogen and oxygen atoms in total. The lowest BCUT2D eigenvalue weighted by Gasteiger charge is -2.34. The van der Waals surface area contributed by atoms with Crippen molar-refractivity contribution in [2.45, 2.75) is 31.0 Å². The fourth-order valence-corrected chi connectivity index (χ4v) is 1.18. The number of hydrogen-bond donors (Lipinski definition) is 4. The van der Waals surface area contributed by atoms with Crippen LogP contribution in [0.15, 0.2) is 0 Å². The lowest BCUT2D eigenvalue weighted by atomic mass is 10.00. The van der Waals surface area contributed by atoms with Crippen LogP contribution in [-0.2, 0) is 4.74 Å². The lowest BCUT2D eigenvalue weighted by molar-refractivity contribution is -0.201. The Morgan fingerprint density at radius 3 is 2.64 bits per heavy atom. The molecule has 1 aliphatic rings. The Kier molecular flexibility index (Phi) is 2.80. The van der Waals surface area contributed by atoms with Crippen LogP contribution >= 0.6 is 0 Å². The van der Waals surface area contributed by atoms with Crippen LogP contribution in [0.2, 0.25) is 0 Å². The second-order valence-corrected chi connectivity index (χ2v) is 2.76. The van der Waals surface area contributed by atoms with Crippen LogP contribution in [0.25, 0.3) is 0 Å². The van der Waals surface area contributed by atoms with Crippen LogP contribution in [0.1, 0.15) is 6.42 Å². The SMILES string of the molecule is NC[C@H]1O[C@H](O)C[C@@H](N)[C@@H]1O. The summed E-state index contributed by atoms with van der Waals surface area (Å²) in [7, 11) is 0. The molecular weight excluding hydrogens is 148 g/mol. The van der Waals surface area contributed by atoms with Crippen molar-refractivity contribution >= 4 is 0 Å². The first-order chi connectivity index (χ1) is 5.15. The van der Waals surface area contributed by atoms with Gasteiger partial charge in [0.2, 0.25) is 0 Å². The summed E-state index contributed by atoms with van der Waals surface area (Å²) in [6.07, 6.45) is -1.92. The van der Waals surface area contributed by atoms with Gasteiger partial charge >= 0.3 is 0 Å². The van der Waals surface area contributed by atoms with Gasteiger partial charge in [0.05, 0.1) is 6.10 Å². The summed E-state index contributed by atoms with van der Waals surface area (Å²) < 4.78 is 4.92. The van der Waals surface area contributed by atoms with Crippen molar-refractivity contribution in [1.29, 1.82) is 0 Å². The second kappa shape index (κ2) is 3.46. The molecule has 0 aromatic rings. The van der Waals surface area contributed by atoms with E-state index in [2.05, 4.69) is 0 Å². The highest BCUT2D eigenvalue weighted by Gasteiger charge is 2.33. The van der Waals surface area contributed by atoms with E-state index in [1.807, 2.05) is 0 Å². The highest BCUT2D eigenvalue weighted by molar-refractivity contribution is 4.85. The lowest BCUT2D eigenvalue weighted by Crippen LogP contribution is -2.54. The maximum atomic E-state index is 9.31. The Labute approximate surface area is 64.9 Å². The Morgan fingerprint density at radius 2 is 2.09 bits per heavy atom. The third kappa shape index (κ3) is 1.88. The highest BCUT2D eigenvalue weighted by atomic mass is 16.6. The van der Waals surface area contributed by atoms with Crippen LogP contribution in [0, 0.1) is 0 Å². The van der Waals surface area contributed by atoms with E-state index in [4.69, 9.17) is 21.3 Å². The molecule has 0 aromatic heterocycles. The smallest absolute Gasteiger partial charge is 0.156 e. The predicted molar refractivity (Wildman–Crippen MR) is 38.5 cm³/mol. The molecule has 0 amide bonds. The molecule has 0 saturated carbocycles. The monoisotopic (exact) mass is 162 g/mol. The first-order valence-electron chi connectivity index (χ1n) is 3.62. The first kappa shape index (κ1) is 8.89. The minimum Gasteiger partial charge on any atom is -0.389 e. The van der Waals surface area contributed by atoms with Gasteiger partial charge in [-0.25, -0.2) is 0 Å². The van der Waals surface area contributed by atoms with Crippen LogP contribution in [0.4, 0.5) is 0 Å². The fraction of sp³-hybridized carbons (Fsp3) is 1.00. The van der Waals surface area contributed by atoms with Gasteiger partial charge in [0.15, 0.2) is 6.29 Å². The minimum atomic E-state index is -0.887. The maximum absolute atomic E-state index is 9.31. The quantitative estimate of drug-likeness (QED) is 0.348. The van der Waals surface area contributed by atoms with Gasteiger partial charge in [0.1, 0.15) is 6.10 Å². The third-order valence-corrected chi connectivity index (χ3v) is 1.86. The van der Waals surface area contributed by atoms with Gasteiger partial charge in [-0.1, -0.05) is 0 Å². The van der Waals surface area contributed by atoms with Crippen LogP contribution < -0.4 is 11.5 Å². The van der Waals surface area contributed by atoms with Crippen LogP contribution in [0.5, 0.6) is 0 Å². The molecule has 0 unspecified atom stereocenters. The van der Waals surface area contributed by atoms with E-state index in [1.165, 1.54) is 0 Å². The Hall–Kier alpha value is -0.200. The standard InChI is InChI=1S/C6H14N2O3/c7-2-4-6(10)3(8)1-5(9)11-4/h3-6,9-10H,1-2,7-8H2/t3-,4-,5+,6+/m1/s1. The van der Waals surface area contributed by atoms with Crippen molar-refractivity contribution in [3.8, 4) is 0 Å². The molecule has 1 rings (SSSR count). The zero-order valence-electron chi connectivity index (χ0n) is 6.18. The van der Waals surface area contributed by atoms with Gasteiger partial charge in [-0.3, -0.25) is 0 Å². The third-order valence-electron chi connectivity index (χ3n) is 1.86. The summed E-state index contributed by atoms with van der Waals surface area (Å²) in [5, 5.41) is 18.3. The van der Waals surface area contributed by atoms with Gasteiger partial charge in [-0.05, 0) is 0 Å². The molecule has 0 aromatic carbocycles. The largest absolute Gasteiger partial charge is 0.389 e. The molecule has 0 aliphatic carbocycles. The fourth-order valence-electron chi connectivity index (χ4n) is 1.18. The predicted octanol–water partition coefficient (Wildman–Crippen LogP) is -2.26. The summed E-state index contributed by atoms with van der Waals surface area (Å²) in [5.41, 5.74) is 10.8. The van der Waals surface area contributed by atoms with Gasteiger partial charge in [0.25, 0.3) is 0 Å². The summed E-state index contributed by atoms with van der Waals surface area (Å²) in [4.78, 5) is 0. The Bertz CT molecular complexity index is 133. The van der Waals surface area contributed by atoms with E-state index >= 15 is 0 Å². The van der Waals surface area contributed by atoms with E-state index in [0.29, 0.717) is 0 Å². The van der Waals surface area contributed by atoms with Crippen molar-refractivity contribution in [2.75, 3.05) is 6.54 Å². The van der Waals surface area contributed by atoms with E-state index in [9.17, 15) is 5.11 Å². The second-order valence-electron chi connectivity index (χ2n) is 2.76. The topological polar surface area (TPSA) is 102 Å². The highest BCUT2D eigenvalue weighted by Crippen LogP contribution is 2.16. The molecule has 4 atom stereocenters. The molecule has 0 spiro atoms. The first-order valence-corrected chi connectivity index (χ1v) is 3.62. The van der Waals surface area contributed by atoms with Gasteiger partial charge in [-0.2, -0.15) is 0 Å². The molecule has 11 heavy (non-hydrogen) atoms. The van der Waals surface area contributed by atoms with Crippen molar-refractivity contribution in [2.24, 2.45) is 11.5 Å². The summed E-state index contributed by atoms with van der Waals surface area (Å²) >= 11 is 0. The Balaban J connectivity index is 2.51. The molecular formula is C6H14N2O3. The van der Waals surface area contributed by atoms with E-state index in [0.717, 1.165) is 0 Å². The van der Waals surface area contributed by atoms with Crippen molar-refractivity contribution in [3.05, 3.63) is 0 Å².